The van der Waals surface area contributed by atoms with E-state index in [1.54, 1.807) is 0 Å². The predicted molar refractivity (Wildman–Crippen MR) is 86.1 cm³/mol. The zero-order chi connectivity index (χ0) is 14.1. The Labute approximate surface area is 119 Å². The molecule has 0 heterocycles. The number of allylic oxidation sites excluding steroid dienone is 4. The molecule has 0 bridgehead atoms. The van der Waals surface area contributed by atoms with E-state index >= 15 is 0 Å². The van der Waals surface area contributed by atoms with Crippen molar-refractivity contribution in [3.05, 3.63) is 48.7 Å². The molecule has 1 nitrogen and oxygen atoms in total. The fourth-order valence-electron chi connectivity index (χ4n) is 2.19. The van der Waals surface area contributed by atoms with E-state index < -0.39 is 0 Å². The first-order valence-electron chi connectivity index (χ1n) is 7.54. The van der Waals surface area contributed by atoms with Crippen molar-refractivity contribution in [2.45, 2.75) is 46.0 Å². The third-order valence-corrected chi connectivity index (χ3v) is 3.47. The minimum atomic E-state index is 0.736. The zero-order valence-electron chi connectivity index (χ0n) is 12.7. The Hall–Kier alpha value is -1.24. The van der Waals surface area contributed by atoms with Crippen molar-refractivity contribution in [1.82, 2.24) is 4.90 Å². The van der Waals surface area contributed by atoms with Gasteiger partial charge in [0.15, 0.2) is 0 Å². The van der Waals surface area contributed by atoms with Crippen LogP contribution in [0.5, 0.6) is 0 Å². The van der Waals surface area contributed by atoms with Gasteiger partial charge in [0, 0.05) is 18.8 Å². The minimum Gasteiger partial charge on any atom is -0.367 e. The van der Waals surface area contributed by atoms with Crippen molar-refractivity contribution in [1.29, 1.82) is 0 Å². The molecule has 1 aliphatic rings. The summed E-state index contributed by atoms with van der Waals surface area (Å²) in [5.74, 6) is 0.736. The van der Waals surface area contributed by atoms with Crippen LogP contribution in [0, 0.1) is 5.92 Å². The normalized spacial score (nSPS) is 15.8. The fraction of sp³-hybridized carbons (Fsp3) is 0.556. The Balaban J connectivity index is 2.38. The van der Waals surface area contributed by atoms with Crippen molar-refractivity contribution in [2.75, 3.05) is 13.1 Å². The molecule has 106 valence electrons. The van der Waals surface area contributed by atoms with Crippen LogP contribution in [0.2, 0.25) is 0 Å². The van der Waals surface area contributed by atoms with E-state index in [1.165, 1.54) is 24.1 Å². The second-order valence-electron chi connectivity index (χ2n) is 5.44. The largest absolute Gasteiger partial charge is 0.367 e. The summed E-state index contributed by atoms with van der Waals surface area (Å²) in [5.41, 5.74) is 2.74. The lowest BCUT2D eigenvalue weighted by atomic mass is 10.1. The highest BCUT2D eigenvalue weighted by atomic mass is 15.1. The van der Waals surface area contributed by atoms with Crippen molar-refractivity contribution in [3.8, 4) is 0 Å². The highest BCUT2D eigenvalue weighted by molar-refractivity contribution is 5.12. The number of unbranched alkanes of at least 4 members (excludes halogenated alkanes) is 1. The van der Waals surface area contributed by atoms with Gasteiger partial charge in [0.05, 0.1) is 0 Å². The van der Waals surface area contributed by atoms with E-state index in [1.807, 2.05) is 6.08 Å². The van der Waals surface area contributed by atoms with Gasteiger partial charge in [-0.1, -0.05) is 43.4 Å². The molecule has 0 aromatic rings. The molecule has 1 aliphatic carbocycles. The van der Waals surface area contributed by atoms with Crippen LogP contribution in [0.1, 0.15) is 46.0 Å². The van der Waals surface area contributed by atoms with Gasteiger partial charge in [0.25, 0.3) is 0 Å². The van der Waals surface area contributed by atoms with Crippen LogP contribution in [0.15, 0.2) is 48.7 Å². The van der Waals surface area contributed by atoms with Crippen LogP contribution in [0.25, 0.3) is 0 Å². The van der Waals surface area contributed by atoms with Gasteiger partial charge in [-0.05, 0) is 44.9 Å². The van der Waals surface area contributed by atoms with E-state index in [2.05, 4.69) is 50.1 Å². The molecule has 19 heavy (non-hydrogen) atoms. The summed E-state index contributed by atoms with van der Waals surface area (Å²) < 4.78 is 0. The summed E-state index contributed by atoms with van der Waals surface area (Å²) in [7, 11) is 0. The monoisotopic (exact) mass is 259 g/mol. The molecule has 1 saturated carbocycles. The Morgan fingerprint density at radius 1 is 1.26 bits per heavy atom. The van der Waals surface area contributed by atoms with Gasteiger partial charge in [-0.2, -0.15) is 0 Å². The van der Waals surface area contributed by atoms with E-state index in [4.69, 9.17) is 0 Å². The summed E-state index contributed by atoms with van der Waals surface area (Å²) in [6.45, 7) is 14.4. The molecule has 0 aromatic heterocycles. The lowest BCUT2D eigenvalue weighted by Crippen LogP contribution is -2.25. The molecular formula is C18H29N. The molecule has 0 amide bonds. The van der Waals surface area contributed by atoms with E-state index in [9.17, 15) is 0 Å². The molecule has 1 fully saturated rings. The molecule has 0 radical (unpaired) electrons. The maximum absolute atomic E-state index is 4.25. The van der Waals surface area contributed by atoms with E-state index in [0.29, 0.717) is 0 Å². The second kappa shape index (κ2) is 8.79. The van der Waals surface area contributed by atoms with Crippen LogP contribution in [0.4, 0.5) is 0 Å². The van der Waals surface area contributed by atoms with Gasteiger partial charge in [0.2, 0.25) is 0 Å². The number of rotatable bonds is 10. The summed E-state index contributed by atoms with van der Waals surface area (Å²) in [4.78, 5) is 2.37. The lowest BCUT2D eigenvalue weighted by Gasteiger charge is -2.26. The summed E-state index contributed by atoms with van der Waals surface area (Å²) in [5, 5.41) is 0. The minimum absolute atomic E-state index is 0.736. The van der Waals surface area contributed by atoms with Crippen molar-refractivity contribution in [2.24, 2.45) is 5.92 Å². The third kappa shape index (κ3) is 6.47. The number of nitrogens with zero attached hydrogens (tertiary/aromatic N) is 1. The molecule has 0 N–H and O–H groups in total. The maximum Gasteiger partial charge on any atom is 0.0386 e. The van der Waals surface area contributed by atoms with Crippen molar-refractivity contribution >= 4 is 0 Å². The smallest absolute Gasteiger partial charge is 0.0386 e. The van der Waals surface area contributed by atoms with E-state index in [0.717, 1.165) is 38.3 Å². The van der Waals surface area contributed by atoms with Crippen molar-refractivity contribution < 1.29 is 0 Å². The van der Waals surface area contributed by atoms with Gasteiger partial charge >= 0.3 is 0 Å². The maximum atomic E-state index is 4.25. The Morgan fingerprint density at radius 2 is 2.00 bits per heavy atom. The lowest BCUT2D eigenvalue weighted by molar-refractivity contribution is 0.390. The molecule has 0 spiro atoms. The number of hydrogen-bond acceptors (Lipinski definition) is 1. The average Bonchev–Trinajstić information content (AvgIpc) is 3.21. The highest BCUT2D eigenvalue weighted by Gasteiger charge is 2.27. The standard InChI is InChI=1S/C18H29N/c1-5-7-8-9-10-11-16(3)15-19(14-6-2)17(4)18-12-13-18/h6-8,11,18H,2,4-5,9-10,12-15H2,1,3H3/b8-7-,16-11+. The quantitative estimate of drug-likeness (QED) is 0.390. The predicted octanol–water partition coefficient (Wildman–Crippen LogP) is 5.09. The molecular weight excluding hydrogens is 230 g/mol. The second-order valence-corrected chi connectivity index (χ2v) is 5.44. The van der Waals surface area contributed by atoms with Gasteiger partial charge in [0.1, 0.15) is 0 Å². The van der Waals surface area contributed by atoms with Crippen molar-refractivity contribution in [3.63, 3.8) is 0 Å². The molecule has 0 saturated heterocycles. The van der Waals surface area contributed by atoms with Gasteiger partial charge in [-0.3, -0.25) is 0 Å². The summed E-state index contributed by atoms with van der Waals surface area (Å²) in [6, 6.07) is 0. The van der Waals surface area contributed by atoms with E-state index in [-0.39, 0.29) is 0 Å². The molecule has 0 unspecified atom stereocenters. The van der Waals surface area contributed by atoms with Gasteiger partial charge in [-0.15, -0.1) is 6.58 Å². The van der Waals surface area contributed by atoms with Crippen LogP contribution in [0.3, 0.4) is 0 Å². The topological polar surface area (TPSA) is 3.24 Å². The average molecular weight is 259 g/mol. The van der Waals surface area contributed by atoms with Gasteiger partial charge in [-0.25, -0.2) is 0 Å². The molecule has 1 rings (SSSR count). The zero-order valence-corrected chi connectivity index (χ0v) is 12.7. The SMILES string of the molecule is C=CCN(C/C(C)=C/CC/C=C\CC)C(=C)C1CC1. The Kier molecular flexibility index (Phi) is 7.32. The molecule has 0 aromatic carbocycles. The first kappa shape index (κ1) is 15.8. The first-order chi connectivity index (χ1) is 9.19. The molecule has 1 heteroatoms. The van der Waals surface area contributed by atoms with Gasteiger partial charge < -0.3 is 4.90 Å². The van der Waals surface area contributed by atoms with Crippen LogP contribution >= 0.6 is 0 Å². The highest BCUT2D eigenvalue weighted by Crippen LogP contribution is 2.37. The first-order valence-corrected chi connectivity index (χ1v) is 7.54. The fourth-order valence-corrected chi connectivity index (χ4v) is 2.19. The summed E-state index contributed by atoms with van der Waals surface area (Å²) in [6.07, 6.45) is 14.9. The number of hydrogen-bond donors (Lipinski definition) is 0. The van der Waals surface area contributed by atoms with Crippen LogP contribution in [-0.4, -0.2) is 18.0 Å². The Morgan fingerprint density at radius 3 is 2.58 bits per heavy atom. The molecule has 0 aliphatic heterocycles. The third-order valence-electron chi connectivity index (χ3n) is 3.47. The summed E-state index contributed by atoms with van der Waals surface area (Å²) >= 11 is 0. The van der Waals surface area contributed by atoms with Crippen LogP contribution < -0.4 is 0 Å². The van der Waals surface area contributed by atoms with Crippen LogP contribution in [-0.2, 0) is 0 Å². The molecule has 0 atom stereocenters. The Bertz CT molecular complexity index is 345.